The number of carbonyl (C=O) groups excluding carboxylic acids is 1. The number of ether oxygens (including phenoxy) is 2. The number of nitrogens with zero attached hydrogens (tertiary/aromatic N) is 2. The first kappa shape index (κ1) is 17.9. The Kier molecular flexibility index (Phi) is 6.26. The maximum Gasteiger partial charge on any atom is 0.244 e. The molecule has 0 aliphatic heterocycles. The van der Waals surface area contributed by atoms with Gasteiger partial charge in [-0.1, -0.05) is 11.6 Å². The van der Waals surface area contributed by atoms with Gasteiger partial charge in [0.15, 0.2) is 11.5 Å². The van der Waals surface area contributed by atoms with Crippen molar-refractivity contribution in [3.63, 3.8) is 0 Å². The van der Waals surface area contributed by atoms with Gasteiger partial charge in [0.25, 0.3) is 0 Å². The molecule has 0 unspecified atom stereocenters. The summed E-state index contributed by atoms with van der Waals surface area (Å²) in [5.74, 6) is 0.809. The molecule has 7 heteroatoms. The van der Waals surface area contributed by atoms with Gasteiger partial charge in [-0.05, 0) is 35.8 Å². The second kappa shape index (κ2) is 8.40. The standard InChI is InChI=1S/C17H20ClN3O3/c1-21-11-13(10-20-21)6-7-19-16(22)5-4-12-8-14(18)17(24-3)15(9-12)23-2/h4-5,8-11H,6-7H2,1-3H3,(H,19,22)/b5-4-. The van der Waals surface area contributed by atoms with Crippen molar-refractivity contribution < 1.29 is 14.3 Å². The summed E-state index contributed by atoms with van der Waals surface area (Å²) in [5.41, 5.74) is 1.83. The normalized spacial score (nSPS) is 10.8. The fraction of sp³-hybridized carbons (Fsp3) is 0.294. The summed E-state index contributed by atoms with van der Waals surface area (Å²) < 4.78 is 12.1. The lowest BCUT2D eigenvalue weighted by Gasteiger charge is -2.10. The highest BCUT2D eigenvalue weighted by molar-refractivity contribution is 6.32. The highest BCUT2D eigenvalue weighted by atomic mass is 35.5. The second-order valence-electron chi connectivity index (χ2n) is 5.13. The first-order valence-corrected chi connectivity index (χ1v) is 7.76. The van der Waals surface area contributed by atoms with Crippen LogP contribution in [0.25, 0.3) is 6.08 Å². The average molecular weight is 350 g/mol. The number of methoxy groups -OCH3 is 2. The molecule has 0 spiro atoms. The Hall–Kier alpha value is -2.47. The summed E-state index contributed by atoms with van der Waals surface area (Å²) in [4.78, 5) is 11.9. The van der Waals surface area contributed by atoms with E-state index < -0.39 is 0 Å². The van der Waals surface area contributed by atoms with Crippen molar-refractivity contribution in [2.45, 2.75) is 6.42 Å². The molecule has 0 saturated heterocycles. The van der Waals surface area contributed by atoms with Gasteiger partial charge in [0, 0.05) is 25.9 Å². The molecule has 0 aliphatic carbocycles. The largest absolute Gasteiger partial charge is 0.493 e. The topological polar surface area (TPSA) is 65.4 Å². The molecule has 0 aliphatic rings. The van der Waals surface area contributed by atoms with Crippen LogP contribution < -0.4 is 14.8 Å². The fourth-order valence-electron chi connectivity index (χ4n) is 2.20. The number of aromatic nitrogens is 2. The minimum atomic E-state index is -0.176. The lowest BCUT2D eigenvalue weighted by atomic mass is 10.2. The van der Waals surface area contributed by atoms with E-state index in [4.69, 9.17) is 21.1 Å². The zero-order valence-electron chi connectivity index (χ0n) is 13.9. The van der Waals surface area contributed by atoms with E-state index in [1.54, 1.807) is 29.1 Å². The number of halogens is 1. The molecule has 1 aromatic carbocycles. The first-order valence-electron chi connectivity index (χ1n) is 7.38. The molecule has 0 saturated carbocycles. The number of hydrogen-bond acceptors (Lipinski definition) is 4. The molecular weight excluding hydrogens is 330 g/mol. The summed E-state index contributed by atoms with van der Waals surface area (Å²) in [6, 6.07) is 3.46. The van der Waals surface area contributed by atoms with Crippen LogP contribution in [0.2, 0.25) is 5.02 Å². The molecule has 24 heavy (non-hydrogen) atoms. The van der Waals surface area contributed by atoms with Crippen molar-refractivity contribution in [1.29, 1.82) is 0 Å². The highest BCUT2D eigenvalue weighted by Gasteiger charge is 2.09. The van der Waals surface area contributed by atoms with Crippen molar-refractivity contribution >= 4 is 23.6 Å². The van der Waals surface area contributed by atoms with Crippen molar-refractivity contribution in [2.75, 3.05) is 20.8 Å². The predicted molar refractivity (Wildman–Crippen MR) is 93.5 cm³/mol. The Bertz CT molecular complexity index is 741. The Labute approximate surface area is 146 Å². The number of amides is 1. The SMILES string of the molecule is COc1cc(/C=C\C(=O)NCCc2cnn(C)c2)cc(Cl)c1OC. The third-order valence-electron chi connectivity index (χ3n) is 3.35. The van der Waals surface area contributed by atoms with E-state index in [-0.39, 0.29) is 5.91 Å². The zero-order valence-corrected chi connectivity index (χ0v) is 14.6. The molecule has 1 amide bonds. The summed E-state index contributed by atoms with van der Waals surface area (Å²) in [6.07, 6.45) is 7.57. The molecule has 1 heterocycles. The van der Waals surface area contributed by atoms with Crippen molar-refractivity contribution in [3.05, 3.63) is 46.8 Å². The average Bonchev–Trinajstić information content (AvgIpc) is 2.97. The van der Waals surface area contributed by atoms with Crippen LogP contribution in [0.15, 0.2) is 30.6 Å². The Balaban J connectivity index is 1.92. The number of hydrogen-bond donors (Lipinski definition) is 1. The van der Waals surface area contributed by atoms with Crippen LogP contribution in [0, 0.1) is 0 Å². The molecule has 1 N–H and O–H groups in total. The second-order valence-corrected chi connectivity index (χ2v) is 5.54. The third kappa shape index (κ3) is 4.76. The molecule has 1 aromatic heterocycles. The van der Waals surface area contributed by atoms with Crippen LogP contribution in [0.5, 0.6) is 11.5 Å². The molecule has 128 valence electrons. The van der Waals surface area contributed by atoms with Gasteiger partial charge in [0.05, 0.1) is 25.4 Å². The molecule has 0 atom stereocenters. The van der Waals surface area contributed by atoms with Crippen LogP contribution >= 0.6 is 11.6 Å². The minimum absolute atomic E-state index is 0.176. The van der Waals surface area contributed by atoms with E-state index in [2.05, 4.69) is 10.4 Å². The van der Waals surface area contributed by atoms with E-state index in [0.29, 0.717) is 23.1 Å². The predicted octanol–water partition coefficient (Wildman–Crippen LogP) is 2.46. The van der Waals surface area contributed by atoms with E-state index in [1.807, 2.05) is 13.2 Å². The molecule has 2 rings (SSSR count). The summed E-state index contributed by atoms with van der Waals surface area (Å²) in [6.45, 7) is 0.543. The Morgan fingerprint density at radius 2 is 2.17 bits per heavy atom. The van der Waals surface area contributed by atoms with Gasteiger partial charge in [-0.2, -0.15) is 5.10 Å². The molecular formula is C17H20ClN3O3. The number of benzene rings is 1. The monoisotopic (exact) mass is 349 g/mol. The molecule has 0 fully saturated rings. The van der Waals surface area contributed by atoms with Crippen molar-refractivity contribution in [1.82, 2.24) is 15.1 Å². The van der Waals surface area contributed by atoms with E-state index >= 15 is 0 Å². The van der Waals surface area contributed by atoms with Gasteiger partial charge in [-0.25, -0.2) is 0 Å². The van der Waals surface area contributed by atoms with Gasteiger partial charge in [-0.15, -0.1) is 0 Å². The van der Waals surface area contributed by atoms with E-state index in [0.717, 1.165) is 17.5 Å². The minimum Gasteiger partial charge on any atom is -0.493 e. The summed E-state index contributed by atoms with van der Waals surface area (Å²) >= 11 is 6.13. The first-order chi connectivity index (χ1) is 11.5. The fourth-order valence-corrected chi connectivity index (χ4v) is 2.49. The van der Waals surface area contributed by atoms with Crippen molar-refractivity contribution in [3.8, 4) is 11.5 Å². The van der Waals surface area contributed by atoms with Crippen LogP contribution in [0.3, 0.4) is 0 Å². The Morgan fingerprint density at radius 3 is 2.79 bits per heavy atom. The summed E-state index contributed by atoms with van der Waals surface area (Å²) in [7, 11) is 4.92. The third-order valence-corrected chi connectivity index (χ3v) is 3.64. The van der Waals surface area contributed by atoms with Crippen molar-refractivity contribution in [2.24, 2.45) is 7.05 Å². The van der Waals surface area contributed by atoms with Crippen LogP contribution in [-0.2, 0) is 18.3 Å². The summed E-state index contributed by atoms with van der Waals surface area (Å²) in [5, 5.41) is 7.33. The smallest absolute Gasteiger partial charge is 0.244 e. The number of nitrogens with one attached hydrogen (secondary N) is 1. The van der Waals surface area contributed by atoms with Gasteiger partial charge < -0.3 is 14.8 Å². The Morgan fingerprint density at radius 1 is 1.38 bits per heavy atom. The van der Waals surface area contributed by atoms with Crippen LogP contribution in [0.4, 0.5) is 0 Å². The quantitative estimate of drug-likeness (QED) is 0.780. The maximum absolute atomic E-state index is 11.9. The van der Waals surface area contributed by atoms with Gasteiger partial charge in [0.2, 0.25) is 5.91 Å². The van der Waals surface area contributed by atoms with Gasteiger partial charge in [-0.3, -0.25) is 9.48 Å². The van der Waals surface area contributed by atoms with E-state index in [9.17, 15) is 4.79 Å². The number of aryl methyl sites for hydroxylation is 1. The molecule has 0 bridgehead atoms. The van der Waals surface area contributed by atoms with Crippen LogP contribution in [-0.4, -0.2) is 36.5 Å². The zero-order chi connectivity index (χ0) is 17.5. The van der Waals surface area contributed by atoms with E-state index in [1.165, 1.54) is 20.3 Å². The maximum atomic E-state index is 11.9. The lowest BCUT2D eigenvalue weighted by Crippen LogP contribution is -2.23. The molecule has 6 nitrogen and oxygen atoms in total. The lowest BCUT2D eigenvalue weighted by molar-refractivity contribution is -0.116. The van der Waals surface area contributed by atoms with Gasteiger partial charge >= 0.3 is 0 Å². The van der Waals surface area contributed by atoms with Gasteiger partial charge in [0.1, 0.15) is 0 Å². The molecule has 0 radical (unpaired) electrons. The molecule has 2 aromatic rings. The number of carbonyl (C=O) groups is 1. The highest BCUT2D eigenvalue weighted by Crippen LogP contribution is 2.36. The number of rotatable bonds is 7. The van der Waals surface area contributed by atoms with Crippen LogP contribution in [0.1, 0.15) is 11.1 Å².